The summed E-state index contributed by atoms with van der Waals surface area (Å²) < 4.78 is 22.7. The van der Waals surface area contributed by atoms with E-state index in [1.807, 2.05) is 12.1 Å². The van der Waals surface area contributed by atoms with Crippen molar-refractivity contribution in [3.63, 3.8) is 0 Å². The zero-order valence-electron chi connectivity index (χ0n) is 11.9. The maximum atomic E-state index is 11.4. The summed E-state index contributed by atoms with van der Waals surface area (Å²) in [5.41, 5.74) is 7.14. The lowest BCUT2D eigenvalue weighted by Crippen LogP contribution is -2.10. The first-order valence-corrected chi connectivity index (χ1v) is 8.90. The van der Waals surface area contributed by atoms with Crippen LogP contribution in [0.25, 0.3) is 0 Å². The average Bonchev–Trinajstić information content (AvgIpc) is 2.37. The molecular formula is C15H25NO2S. The highest BCUT2D eigenvalue weighted by Gasteiger charge is 2.09. The molecular weight excluding hydrogens is 258 g/mol. The predicted molar refractivity (Wildman–Crippen MR) is 79.9 cm³/mol. The molecule has 0 amide bonds. The molecule has 0 saturated heterocycles. The molecule has 108 valence electrons. The number of rotatable bonds is 8. The molecule has 19 heavy (non-hydrogen) atoms. The Labute approximate surface area is 117 Å². The lowest BCUT2D eigenvalue weighted by atomic mass is 10.0. The second-order valence-electron chi connectivity index (χ2n) is 5.15. The van der Waals surface area contributed by atoms with Gasteiger partial charge in [-0.05, 0) is 24.1 Å². The summed E-state index contributed by atoms with van der Waals surface area (Å²) in [7, 11) is -3.11. The Morgan fingerprint density at radius 2 is 1.63 bits per heavy atom. The summed E-state index contributed by atoms with van der Waals surface area (Å²) in [5, 5.41) is 0. The molecule has 1 unspecified atom stereocenters. The monoisotopic (exact) mass is 283 g/mol. The zero-order chi connectivity index (χ0) is 14.3. The van der Waals surface area contributed by atoms with Crippen LogP contribution in [0.2, 0.25) is 0 Å². The van der Waals surface area contributed by atoms with Crippen LogP contribution in [-0.4, -0.2) is 14.7 Å². The van der Waals surface area contributed by atoms with Gasteiger partial charge < -0.3 is 5.73 Å². The van der Waals surface area contributed by atoms with Gasteiger partial charge in [-0.3, -0.25) is 0 Å². The minimum Gasteiger partial charge on any atom is -0.324 e. The molecule has 3 nitrogen and oxygen atoms in total. The van der Waals surface area contributed by atoms with E-state index in [4.69, 9.17) is 5.73 Å². The SMILES string of the molecule is CCCCCCCC(N)c1ccc(S(C)(=O)=O)cc1. The van der Waals surface area contributed by atoms with E-state index in [0.29, 0.717) is 4.90 Å². The molecule has 0 bridgehead atoms. The van der Waals surface area contributed by atoms with Gasteiger partial charge in [0.25, 0.3) is 0 Å². The highest BCUT2D eigenvalue weighted by atomic mass is 32.2. The minimum atomic E-state index is -3.11. The van der Waals surface area contributed by atoms with Crippen LogP contribution in [0.3, 0.4) is 0 Å². The first-order chi connectivity index (χ1) is 8.95. The topological polar surface area (TPSA) is 60.2 Å². The molecule has 4 heteroatoms. The van der Waals surface area contributed by atoms with E-state index in [1.54, 1.807) is 12.1 Å². The number of hydrogen-bond acceptors (Lipinski definition) is 3. The van der Waals surface area contributed by atoms with Crippen molar-refractivity contribution in [2.45, 2.75) is 56.4 Å². The normalized spacial score (nSPS) is 13.4. The maximum absolute atomic E-state index is 11.4. The van der Waals surface area contributed by atoms with Gasteiger partial charge >= 0.3 is 0 Å². The fraction of sp³-hybridized carbons (Fsp3) is 0.600. The molecule has 1 aromatic carbocycles. The number of nitrogens with two attached hydrogens (primary N) is 1. The number of unbranched alkanes of at least 4 members (excludes halogenated alkanes) is 4. The van der Waals surface area contributed by atoms with Crippen molar-refractivity contribution in [1.29, 1.82) is 0 Å². The van der Waals surface area contributed by atoms with Gasteiger partial charge in [-0.15, -0.1) is 0 Å². The van der Waals surface area contributed by atoms with Crippen molar-refractivity contribution in [3.05, 3.63) is 29.8 Å². The molecule has 0 aliphatic carbocycles. The van der Waals surface area contributed by atoms with E-state index in [1.165, 1.54) is 31.9 Å². The van der Waals surface area contributed by atoms with Crippen molar-refractivity contribution >= 4 is 9.84 Å². The first kappa shape index (κ1) is 16.2. The van der Waals surface area contributed by atoms with Crippen molar-refractivity contribution < 1.29 is 8.42 Å². The van der Waals surface area contributed by atoms with Crippen molar-refractivity contribution in [2.75, 3.05) is 6.26 Å². The molecule has 0 saturated carbocycles. The molecule has 0 fully saturated rings. The summed E-state index contributed by atoms with van der Waals surface area (Å²) in [4.78, 5) is 0.353. The van der Waals surface area contributed by atoms with Gasteiger partial charge in [-0.2, -0.15) is 0 Å². The molecule has 0 radical (unpaired) electrons. The Hall–Kier alpha value is -0.870. The lowest BCUT2D eigenvalue weighted by Gasteiger charge is -2.12. The van der Waals surface area contributed by atoms with Crippen molar-refractivity contribution in [2.24, 2.45) is 5.73 Å². The van der Waals surface area contributed by atoms with Crippen LogP contribution >= 0.6 is 0 Å². The second kappa shape index (κ2) is 7.65. The van der Waals surface area contributed by atoms with Gasteiger partial charge in [0.1, 0.15) is 0 Å². The van der Waals surface area contributed by atoms with E-state index < -0.39 is 9.84 Å². The molecule has 1 atom stereocenters. The van der Waals surface area contributed by atoms with E-state index in [-0.39, 0.29) is 6.04 Å². The van der Waals surface area contributed by atoms with Crippen LogP contribution in [0.5, 0.6) is 0 Å². The Bertz CT molecular complexity index is 465. The Balaban J connectivity index is 2.47. The van der Waals surface area contributed by atoms with Gasteiger partial charge in [0, 0.05) is 12.3 Å². The average molecular weight is 283 g/mol. The molecule has 1 aromatic rings. The second-order valence-corrected chi connectivity index (χ2v) is 7.17. The van der Waals surface area contributed by atoms with Gasteiger partial charge in [0.15, 0.2) is 9.84 Å². The Kier molecular flexibility index (Phi) is 6.52. The third-order valence-electron chi connectivity index (χ3n) is 3.36. The Morgan fingerprint density at radius 3 is 2.16 bits per heavy atom. The maximum Gasteiger partial charge on any atom is 0.175 e. The van der Waals surface area contributed by atoms with E-state index in [9.17, 15) is 8.42 Å². The molecule has 0 aliphatic rings. The van der Waals surface area contributed by atoms with Gasteiger partial charge in [0.2, 0.25) is 0 Å². The molecule has 1 rings (SSSR count). The van der Waals surface area contributed by atoms with Crippen LogP contribution < -0.4 is 5.73 Å². The fourth-order valence-corrected chi connectivity index (χ4v) is 2.73. The van der Waals surface area contributed by atoms with E-state index >= 15 is 0 Å². The third-order valence-corrected chi connectivity index (χ3v) is 4.48. The number of hydrogen-bond donors (Lipinski definition) is 1. The summed E-state index contributed by atoms with van der Waals surface area (Å²) in [6.45, 7) is 2.20. The molecule has 0 spiro atoms. The van der Waals surface area contributed by atoms with Gasteiger partial charge in [0.05, 0.1) is 4.90 Å². The summed E-state index contributed by atoms with van der Waals surface area (Å²) in [6.07, 6.45) is 8.35. The zero-order valence-corrected chi connectivity index (χ0v) is 12.7. The summed E-state index contributed by atoms with van der Waals surface area (Å²) in [6, 6.07) is 6.94. The highest BCUT2D eigenvalue weighted by molar-refractivity contribution is 7.90. The first-order valence-electron chi connectivity index (χ1n) is 7.00. The molecule has 0 heterocycles. The van der Waals surface area contributed by atoms with Crippen LogP contribution in [0, 0.1) is 0 Å². The number of benzene rings is 1. The van der Waals surface area contributed by atoms with Crippen LogP contribution in [0.1, 0.15) is 57.1 Å². The Morgan fingerprint density at radius 1 is 1.05 bits per heavy atom. The van der Waals surface area contributed by atoms with Crippen LogP contribution in [-0.2, 0) is 9.84 Å². The predicted octanol–water partition coefficient (Wildman–Crippen LogP) is 3.45. The lowest BCUT2D eigenvalue weighted by molar-refractivity contribution is 0.555. The van der Waals surface area contributed by atoms with Crippen molar-refractivity contribution in [1.82, 2.24) is 0 Å². The molecule has 0 aromatic heterocycles. The minimum absolute atomic E-state index is 0.00948. The summed E-state index contributed by atoms with van der Waals surface area (Å²) >= 11 is 0. The van der Waals surface area contributed by atoms with E-state index in [0.717, 1.165) is 18.4 Å². The quantitative estimate of drug-likeness (QED) is 0.743. The van der Waals surface area contributed by atoms with Crippen molar-refractivity contribution in [3.8, 4) is 0 Å². The largest absolute Gasteiger partial charge is 0.324 e. The standard InChI is InChI=1S/C15H25NO2S/c1-3-4-5-6-7-8-15(16)13-9-11-14(12-10-13)19(2,17)18/h9-12,15H,3-8,16H2,1-2H3. The van der Waals surface area contributed by atoms with Gasteiger partial charge in [-0.25, -0.2) is 8.42 Å². The smallest absolute Gasteiger partial charge is 0.175 e. The van der Waals surface area contributed by atoms with Crippen LogP contribution in [0.15, 0.2) is 29.2 Å². The fourth-order valence-electron chi connectivity index (χ4n) is 2.10. The summed E-state index contributed by atoms with van der Waals surface area (Å²) in [5.74, 6) is 0. The van der Waals surface area contributed by atoms with Gasteiger partial charge in [-0.1, -0.05) is 51.2 Å². The van der Waals surface area contributed by atoms with Crippen LogP contribution in [0.4, 0.5) is 0 Å². The molecule has 2 N–H and O–H groups in total. The number of sulfone groups is 1. The van der Waals surface area contributed by atoms with E-state index in [2.05, 4.69) is 6.92 Å². The highest BCUT2D eigenvalue weighted by Crippen LogP contribution is 2.20. The molecule has 0 aliphatic heterocycles. The third kappa shape index (κ3) is 5.74.